The molecule has 3 heterocycles. The molecule has 1 aliphatic heterocycles. The van der Waals surface area contributed by atoms with Crippen molar-refractivity contribution in [2.75, 3.05) is 6.79 Å². The largest absolute Gasteiger partial charge is 0.454 e. The first-order chi connectivity index (χ1) is 9.70. The number of nitrogens with zero attached hydrogens (tertiary/aromatic N) is 2. The molecule has 2 aromatic heterocycles. The minimum Gasteiger partial charge on any atom is -0.454 e. The Balaban J connectivity index is 1.95. The van der Waals surface area contributed by atoms with Crippen molar-refractivity contribution in [2.45, 2.75) is 0 Å². The summed E-state index contributed by atoms with van der Waals surface area (Å²) in [6, 6.07) is 5.61. The van der Waals surface area contributed by atoms with Crippen LogP contribution in [0.1, 0.15) is 0 Å². The van der Waals surface area contributed by atoms with Gasteiger partial charge in [0, 0.05) is 22.4 Å². The summed E-state index contributed by atoms with van der Waals surface area (Å²) in [5, 5.41) is 3.15. The van der Waals surface area contributed by atoms with E-state index in [4.69, 9.17) is 21.1 Å². The van der Waals surface area contributed by atoms with Gasteiger partial charge in [0.1, 0.15) is 5.15 Å². The van der Waals surface area contributed by atoms with Gasteiger partial charge in [0.15, 0.2) is 17.3 Å². The Morgan fingerprint density at radius 2 is 1.95 bits per heavy atom. The van der Waals surface area contributed by atoms with E-state index in [0.717, 1.165) is 20.3 Å². The lowest BCUT2D eigenvalue weighted by Gasteiger charge is -2.04. The first-order valence-electron chi connectivity index (χ1n) is 5.72. The fraction of sp³-hybridized carbons (Fsp3) is 0.0769. The van der Waals surface area contributed by atoms with Crippen LogP contribution in [-0.2, 0) is 0 Å². The highest BCUT2D eigenvalue weighted by Crippen LogP contribution is 2.38. The lowest BCUT2D eigenvalue weighted by Crippen LogP contribution is -1.92. The zero-order valence-electron chi connectivity index (χ0n) is 9.89. The van der Waals surface area contributed by atoms with Gasteiger partial charge in [-0.15, -0.1) is 11.3 Å². The van der Waals surface area contributed by atoms with E-state index in [0.29, 0.717) is 22.5 Å². The molecule has 7 heteroatoms. The fourth-order valence-electron chi connectivity index (χ4n) is 2.04. The van der Waals surface area contributed by atoms with Crippen molar-refractivity contribution in [3.05, 3.63) is 32.5 Å². The van der Waals surface area contributed by atoms with Crippen molar-refractivity contribution in [3.63, 3.8) is 0 Å². The maximum absolute atomic E-state index is 6.26. The number of ether oxygens (including phenoxy) is 2. The van der Waals surface area contributed by atoms with E-state index in [1.807, 2.05) is 23.6 Å². The Bertz CT molecular complexity index is 837. The van der Waals surface area contributed by atoms with E-state index >= 15 is 0 Å². The Labute approximate surface area is 131 Å². The summed E-state index contributed by atoms with van der Waals surface area (Å²) in [4.78, 5) is 8.91. The molecule has 20 heavy (non-hydrogen) atoms. The molecule has 3 aromatic rings. The molecule has 0 saturated carbocycles. The van der Waals surface area contributed by atoms with Crippen LogP contribution < -0.4 is 9.47 Å². The number of thiophene rings is 1. The molecule has 0 saturated heterocycles. The van der Waals surface area contributed by atoms with Gasteiger partial charge < -0.3 is 9.47 Å². The van der Waals surface area contributed by atoms with Gasteiger partial charge in [0.2, 0.25) is 6.79 Å². The smallest absolute Gasteiger partial charge is 0.231 e. The van der Waals surface area contributed by atoms with Crippen molar-refractivity contribution in [3.8, 4) is 22.9 Å². The van der Waals surface area contributed by atoms with E-state index in [1.54, 1.807) is 11.3 Å². The Morgan fingerprint density at radius 3 is 2.70 bits per heavy atom. The van der Waals surface area contributed by atoms with Crippen LogP contribution in [0.15, 0.2) is 27.4 Å². The van der Waals surface area contributed by atoms with Gasteiger partial charge in [-0.2, -0.15) is 0 Å². The van der Waals surface area contributed by atoms with E-state index in [2.05, 4.69) is 25.9 Å². The minimum absolute atomic E-state index is 0.223. The Kier molecular flexibility index (Phi) is 2.83. The molecule has 0 N–H and O–H groups in total. The van der Waals surface area contributed by atoms with E-state index < -0.39 is 0 Å². The minimum atomic E-state index is 0.223. The average molecular weight is 370 g/mol. The van der Waals surface area contributed by atoms with Crippen molar-refractivity contribution in [1.82, 2.24) is 9.97 Å². The first-order valence-corrected chi connectivity index (χ1v) is 7.77. The summed E-state index contributed by atoms with van der Waals surface area (Å²) in [6.07, 6.45) is 0. The van der Waals surface area contributed by atoms with E-state index in [-0.39, 0.29) is 6.79 Å². The molecule has 100 valence electrons. The molecule has 4 nitrogen and oxygen atoms in total. The molecular formula is C13H6BrClN2O2S. The molecular weight excluding hydrogens is 364 g/mol. The first kappa shape index (κ1) is 12.4. The maximum atomic E-state index is 6.26. The highest BCUT2D eigenvalue weighted by atomic mass is 79.9. The number of aromatic nitrogens is 2. The molecule has 0 aliphatic carbocycles. The van der Waals surface area contributed by atoms with E-state index in [9.17, 15) is 0 Å². The van der Waals surface area contributed by atoms with Gasteiger partial charge in [-0.25, -0.2) is 9.97 Å². The molecule has 0 unspecified atom stereocenters. The molecule has 4 rings (SSSR count). The fourth-order valence-corrected chi connectivity index (χ4v) is 3.40. The highest BCUT2D eigenvalue weighted by molar-refractivity contribution is 9.11. The van der Waals surface area contributed by atoms with Crippen LogP contribution in [0, 0.1) is 0 Å². The molecule has 0 fully saturated rings. The SMILES string of the molecule is Clc1nc(-c2csc(Br)c2)nc2cc3c(cc12)OCO3. The van der Waals surface area contributed by atoms with Gasteiger partial charge in [0.25, 0.3) is 0 Å². The van der Waals surface area contributed by atoms with Crippen molar-refractivity contribution in [2.24, 2.45) is 0 Å². The predicted molar refractivity (Wildman–Crippen MR) is 81.7 cm³/mol. The quantitative estimate of drug-likeness (QED) is 0.592. The number of halogens is 2. The van der Waals surface area contributed by atoms with Crippen LogP contribution in [-0.4, -0.2) is 16.8 Å². The summed E-state index contributed by atoms with van der Waals surface area (Å²) in [5.74, 6) is 1.96. The van der Waals surface area contributed by atoms with Gasteiger partial charge in [0.05, 0.1) is 9.30 Å². The Hall–Kier alpha value is -1.37. The predicted octanol–water partition coefficient (Wildman–Crippen LogP) is 4.50. The average Bonchev–Trinajstić information content (AvgIpc) is 3.04. The van der Waals surface area contributed by atoms with Crippen molar-refractivity contribution >= 4 is 49.8 Å². The third-order valence-corrected chi connectivity index (χ3v) is 4.76. The van der Waals surface area contributed by atoms with Gasteiger partial charge >= 0.3 is 0 Å². The summed E-state index contributed by atoms with van der Waals surface area (Å²) in [6.45, 7) is 0.223. The second kappa shape index (κ2) is 4.58. The monoisotopic (exact) mass is 368 g/mol. The normalized spacial score (nSPS) is 13.1. The van der Waals surface area contributed by atoms with Crippen LogP contribution in [0.3, 0.4) is 0 Å². The van der Waals surface area contributed by atoms with Crippen LogP contribution in [0.25, 0.3) is 22.3 Å². The third-order valence-electron chi connectivity index (χ3n) is 2.97. The molecule has 0 radical (unpaired) electrons. The molecule has 1 aromatic carbocycles. The zero-order valence-corrected chi connectivity index (χ0v) is 13.1. The summed E-state index contributed by atoms with van der Waals surface area (Å²) in [7, 11) is 0. The zero-order chi connectivity index (χ0) is 13.7. The van der Waals surface area contributed by atoms with Crippen molar-refractivity contribution < 1.29 is 9.47 Å². The Morgan fingerprint density at radius 1 is 1.15 bits per heavy atom. The highest BCUT2D eigenvalue weighted by Gasteiger charge is 2.17. The van der Waals surface area contributed by atoms with Crippen LogP contribution in [0.5, 0.6) is 11.5 Å². The van der Waals surface area contributed by atoms with Crippen molar-refractivity contribution in [1.29, 1.82) is 0 Å². The maximum Gasteiger partial charge on any atom is 0.231 e. The summed E-state index contributed by atoms with van der Waals surface area (Å²) < 4.78 is 11.7. The second-order valence-electron chi connectivity index (χ2n) is 4.20. The molecule has 0 amide bonds. The number of benzene rings is 1. The number of fused-ring (bicyclic) bond motifs is 2. The summed E-state index contributed by atoms with van der Waals surface area (Å²) in [5.41, 5.74) is 1.68. The summed E-state index contributed by atoms with van der Waals surface area (Å²) >= 11 is 11.3. The topological polar surface area (TPSA) is 44.2 Å². The molecule has 0 spiro atoms. The lowest BCUT2D eigenvalue weighted by molar-refractivity contribution is 0.174. The lowest BCUT2D eigenvalue weighted by atomic mass is 10.2. The molecule has 0 bridgehead atoms. The van der Waals surface area contributed by atoms with E-state index in [1.165, 1.54) is 0 Å². The molecule has 0 atom stereocenters. The van der Waals surface area contributed by atoms with Crippen LogP contribution in [0.4, 0.5) is 0 Å². The van der Waals surface area contributed by atoms with Gasteiger partial charge in [-0.1, -0.05) is 11.6 Å². The number of hydrogen-bond donors (Lipinski definition) is 0. The third kappa shape index (κ3) is 1.95. The second-order valence-corrected chi connectivity index (χ2v) is 6.85. The number of hydrogen-bond acceptors (Lipinski definition) is 5. The van der Waals surface area contributed by atoms with Gasteiger partial charge in [-0.05, 0) is 28.1 Å². The number of rotatable bonds is 1. The standard InChI is InChI=1S/C13H6BrClN2O2S/c14-11-1-6(4-20-11)13-16-8-3-10-9(18-5-19-10)2-7(8)12(15)17-13/h1-4H,5H2. The van der Waals surface area contributed by atoms with Gasteiger partial charge in [-0.3, -0.25) is 0 Å². The van der Waals surface area contributed by atoms with Crippen LogP contribution >= 0.6 is 38.9 Å². The van der Waals surface area contributed by atoms with Crippen LogP contribution in [0.2, 0.25) is 5.15 Å². The molecule has 1 aliphatic rings.